The summed E-state index contributed by atoms with van der Waals surface area (Å²) in [4.78, 5) is 36.8. The van der Waals surface area contributed by atoms with Crippen molar-refractivity contribution in [2.45, 2.75) is 6.54 Å². The number of rotatable bonds is 9. The highest BCUT2D eigenvalue weighted by atomic mass is 79.9. The van der Waals surface area contributed by atoms with E-state index in [-0.39, 0.29) is 36.3 Å². The number of hydrogen-bond donors (Lipinski definition) is 3. The zero-order valence-electron chi connectivity index (χ0n) is 17.4. The van der Waals surface area contributed by atoms with Gasteiger partial charge in [0.1, 0.15) is 5.75 Å². The van der Waals surface area contributed by atoms with Gasteiger partial charge in [0, 0.05) is 21.2 Å². The molecular formula is C24H21Br2N3O4. The van der Waals surface area contributed by atoms with E-state index in [1.165, 1.54) is 0 Å². The third-order valence-corrected chi connectivity index (χ3v) is 5.49. The van der Waals surface area contributed by atoms with E-state index in [4.69, 9.17) is 4.74 Å². The normalized spacial score (nSPS) is 10.2. The molecule has 0 heterocycles. The number of nitrogens with one attached hydrogen (secondary N) is 3. The maximum Gasteiger partial charge on any atom is 0.262 e. The van der Waals surface area contributed by atoms with Crippen molar-refractivity contribution in [2.24, 2.45) is 0 Å². The van der Waals surface area contributed by atoms with Crippen LogP contribution in [-0.4, -0.2) is 30.9 Å². The quantitative estimate of drug-likeness (QED) is 0.355. The number of carbonyl (C=O) groups excluding carboxylic acids is 3. The number of ether oxygens (including phenoxy) is 1. The van der Waals surface area contributed by atoms with Crippen LogP contribution in [-0.2, 0) is 16.1 Å². The number of benzene rings is 3. The summed E-state index contributed by atoms with van der Waals surface area (Å²) in [5.74, 6) is -0.910. The molecule has 7 nitrogen and oxygen atoms in total. The lowest BCUT2D eigenvalue weighted by Crippen LogP contribution is -2.36. The molecule has 0 aliphatic heterocycles. The third kappa shape index (κ3) is 8.03. The van der Waals surface area contributed by atoms with Gasteiger partial charge in [-0.3, -0.25) is 14.4 Å². The van der Waals surface area contributed by atoms with Crippen LogP contribution in [0.1, 0.15) is 15.9 Å². The molecule has 170 valence electrons. The number of para-hydroxylation sites is 1. The third-order valence-electron chi connectivity index (χ3n) is 4.43. The van der Waals surface area contributed by atoms with Gasteiger partial charge in [0.15, 0.2) is 6.61 Å². The fourth-order valence-electron chi connectivity index (χ4n) is 2.77. The second-order valence-electron chi connectivity index (χ2n) is 6.93. The van der Waals surface area contributed by atoms with Crippen LogP contribution in [0.2, 0.25) is 0 Å². The van der Waals surface area contributed by atoms with Gasteiger partial charge in [-0.25, -0.2) is 0 Å². The Hall–Kier alpha value is -3.17. The van der Waals surface area contributed by atoms with E-state index in [1.807, 2.05) is 36.4 Å². The Morgan fingerprint density at radius 3 is 2.09 bits per heavy atom. The summed E-state index contributed by atoms with van der Waals surface area (Å²) in [5, 5.41) is 8.04. The van der Waals surface area contributed by atoms with Crippen LogP contribution >= 0.6 is 31.9 Å². The Morgan fingerprint density at radius 2 is 1.39 bits per heavy atom. The van der Waals surface area contributed by atoms with Crippen molar-refractivity contribution >= 4 is 55.3 Å². The average molecular weight is 575 g/mol. The summed E-state index contributed by atoms with van der Waals surface area (Å²) in [6.07, 6.45) is 0. The van der Waals surface area contributed by atoms with Gasteiger partial charge in [-0.05, 0) is 54.1 Å². The summed E-state index contributed by atoms with van der Waals surface area (Å²) < 4.78 is 7.41. The largest absolute Gasteiger partial charge is 0.483 e. The fourth-order valence-corrected chi connectivity index (χ4v) is 3.30. The summed E-state index contributed by atoms with van der Waals surface area (Å²) in [5.41, 5.74) is 1.81. The minimum Gasteiger partial charge on any atom is -0.483 e. The Kier molecular flexibility index (Phi) is 9.03. The van der Waals surface area contributed by atoms with Gasteiger partial charge in [-0.15, -0.1) is 0 Å². The number of amides is 3. The molecule has 3 aromatic carbocycles. The fraction of sp³-hybridized carbons (Fsp3) is 0.125. The lowest BCUT2D eigenvalue weighted by molar-refractivity contribution is -0.120. The summed E-state index contributed by atoms with van der Waals surface area (Å²) in [7, 11) is 0. The van der Waals surface area contributed by atoms with Gasteiger partial charge in [0.05, 0.1) is 12.1 Å². The first-order valence-electron chi connectivity index (χ1n) is 9.97. The van der Waals surface area contributed by atoms with E-state index in [2.05, 4.69) is 47.8 Å². The first kappa shape index (κ1) is 24.5. The van der Waals surface area contributed by atoms with Gasteiger partial charge in [-0.1, -0.05) is 56.1 Å². The maximum atomic E-state index is 12.6. The van der Waals surface area contributed by atoms with Crippen LogP contribution in [0, 0.1) is 0 Å². The standard InChI is InChI=1S/C24H21Br2N3O4/c25-17-7-5-16(6-8-17)13-27-22(30)14-28-24(32)20-3-1-2-4-21(20)33-15-23(31)29-19-11-9-18(26)10-12-19/h1-12H,13-15H2,(H,27,30)(H,28,32)(H,29,31). The predicted molar refractivity (Wildman–Crippen MR) is 133 cm³/mol. The Labute approximate surface area is 208 Å². The number of anilines is 1. The molecule has 0 spiro atoms. The molecule has 3 aromatic rings. The van der Waals surface area contributed by atoms with Gasteiger partial charge in [-0.2, -0.15) is 0 Å². The molecule has 0 unspecified atom stereocenters. The molecule has 0 radical (unpaired) electrons. The lowest BCUT2D eigenvalue weighted by atomic mass is 10.2. The van der Waals surface area contributed by atoms with Crippen molar-refractivity contribution in [1.29, 1.82) is 0 Å². The number of halogens is 2. The van der Waals surface area contributed by atoms with Crippen molar-refractivity contribution in [1.82, 2.24) is 10.6 Å². The summed E-state index contributed by atoms with van der Waals surface area (Å²) in [6.45, 7) is -0.100. The smallest absolute Gasteiger partial charge is 0.262 e. The van der Waals surface area contributed by atoms with Crippen molar-refractivity contribution < 1.29 is 19.1 Å². The van der Waals surface area contributed by atoms with Crippen LogP contribution in [0.15, 0.2) is 81.7 Å². The molecule has 9 heteroatoms. The molecule has 0 atom stereocenters. The molecule has 0 saturated heterocycles. The van der Waals surface area contributed by atoms with E-state index < -0.39 is 5.91 Å². The first-order chi connectivity index (χ1) is 15.9. The highest BCUT2D eigenvalue weighted by Gasteiger charge is 2.14. The zero-order valence-corrected chi connectivity index (χ0v) is 20.6. The SMILES string of the molecule is O=C(CNC(=O)c1ccccc1OCC(=O)Nc1ccc(Br)cc1)NCc1ccc(Br)cc1. The Balaban J connectivity index is 1.48. The van der Waals surface area contributed by atoms with E-state index in [0.717, 1.165) is 14.5 Å². The van der Waals surface area contributed by atoms with Crippen molar-refractivity contribution in [2.75, 3.05) is 18.5 Å². The van der Waals surface area contributed by atoms with Crippen LogP contribution in [0.5, 0.6) is 5.75 Å². The van der Waals surface area contributed by atoms with Gasteiger partial charge in [0.2, 0.25) is 5.91 Å². The van der Waals surface area contributed by atoms with E-state index >= 15 is 0 Å². The minimum absolute atomic E-state index is 0.187. The van der Waals surface area contributed by atoms with Crippen molar-refractivity contribution in [3.8, 4) is 5.75 Å². The number of carbonyl (C=O) groups is 3. The molecule has 3 rings (SSSR count). The molecule has 33 heavy (non-hydrogen) atoms. The van der Waals surface area contributed by atoms with Crippen LogP contribution < -0.4 is 20.7 Å². The number of hydrogen-bond acceptors (Lipinski definition) is 4. The molecule has 0 aliphatic carbocycles. The molecular weight excluding hydrogens is 554 g/mol. The van der Waals surface area contributed by atoms with E-state index in [0.29, 0.717) is 12.2 Å². The summed E-state index contributed by atoms with van der Waals surface area (Å²) >= 11 is 6.70. The monoisotopic (exact) mass is 573 g/mol. The van der Waals surface area contributed by atoms with Gasteiger partial charge >= 0.3 is 0 Å². The second-order valence-corrected chi connectivity index (χ2v) is 8.76. The van der Waals surface area contributed by atoms with Crippen molar-refractivity contribution in [3.05, 3.63) is 92.9 Å². The predicted octanol–water partition coefficient (Wildman–Crippen LogP) is 4.28. The molecule has 3 N–H and O–H groups in total. The van der Waals surface area contributed by atoms with Gasteiger partial charge in [0.25, 0.3) is 11.8 Å². The summed E-state index contributed by atoms with van der Waals surface area (Å²) in [6, 6.07) is 21.2. The Bertz CT molecular complexity index is 1120. The van der Waals surface area contributed by atoms with Crippen LogP contribution in [0.25, 0.3) is 0 Å². The molecule has 0 fully saturated rings. The second kappa shape index (κ2) is 12.2. The minimum atomic E-state index is -0.474. The topological polar surface area (TPSA) is 96.5 Å². The average Bonchev–Trinajstić information content (AvgIpc) is 2.82. The molecule has 0 bridgehead atoms. The van der Waals surface area contributed by atoms with Gasteiger partial charge < -0.3 is 20.7 Å². The molecule has 0 aromatic heterocycles. The van der Waals surface area contributed by atoms with E-state index in [1.54, 1.807) is 36.4 Å². The van der Waals surface area contributed by atoms with E-state index in [9.17, 15) is 14.4 Å². The highest BCUT2D eigenvalue weighted by Crippen LogP contribution is 2.18. The first-order valence-corrected chi connectivity index (χ1v) is 11.6. The zero-order chi connectivity index (χ0) is 23.6. The lowest BCUT2D eigenvalue weighted by Gasteiger charge is -2.12. The van der Waals surface area contributed by atoms with Crippen LogP contribution in [0.4, 0.5) is 5.69 Å². The molecule has 0 aliphatic rings. The highest BCUT2D eigenvalue weighted by molar-refractivity contribution is 9.10. The maximum absolute atomic E-state index is 12.6. The van der Waals surface area contributed by atoms with Crippen LogP contribution in [0.3, 0.4) is 0 Å². The van der Waals surface area contributed by atoms with Crippen molar-refractivity contribution in [3.63, 3.8) is 0 Å². The Morgan fingerprint density at radius 1 is 0.758 bits per heavy atom. The molecule has 3 amide bonds. The molecule has 0 saturated carbocycles.